The zero-order chi connectivity index (χ0) is 10.7. The molecule has 3 heteroatoms. The minimum Gasteiger partial charge on any atom is -0.390 e. The summed E-state index contributed by atoms with van der Waals surface area (Å²) in [5.74, 6) is 0. The van der Waals surface area contributed by atoms with E-state index in [-0.39, 0.29) is 0 Å². The third-order valence-corrected chi connectivity index (χ3v) is 3.72. The zero-order valence-electron chi connectivity index (χ0n) is 9.30. The fourth-order valence-electron chi connectivity index (χ4n) is 2.67. The van der Waals surface area contributed by atoms with Crippen LogP contribution in [0.25, 0.3) is 0 Å². The van der Waals surface area contributed by atoms with E-state index in [1.54, 1.807) is 0 Å². The molecule has 1 aliphatic carbocycles. The molecule has 0 atom stereocenters. The molecule has 0 bridgehead atoms. The summed E-state index contributed by atoms with van der Waals surface area (Å²) >= 11 is 5.16. The van der Waals surface area contributed by atoms with Crippen molar-refractivity contribution in [2.75, 3.05) is 13.1 Å². The lowest BCUT2D eigenvalue weighted by molar-refractivity contribution is 0.269. The zero-order valence-corrected chi connectivity index (χ0v) is 10.1. The molecule has 2 N–H and O–H groups in total. The number of piperidine rings is 1. The van der Waals surface area contributed by atoms with E-state index in [0.717, 1.165) is 6.42 Å². The van der Waals surface area contributed by atoms with Crippen molar-refractivity contribution in [1.82, 2.24) is 4.90 Å². The molecule has 1 heterocycles. The number of allylic oxidation sites excluding steroid dienone is 1. The van der Waals surface area contributed by atoms with Crippen LogP contribution >= 0.6 is 12.2 Å². The van der Waals surface area contributed by atoms with Gasteiger partial charge in [0.25, 0.3) is 0 Å². The number of thiocarbonyl (C=S) groups is 1. The fourth-order valence-corrected chi connectivity index (χ4v) is 2.89. The second kappa shape index (κ2) is 4.97. The molecule has 0 unspecified atom stereocenters. The Labute approximate surface area is 97.5 Å². The van der Waals surface area contributed by atoms with Crippen LogP contribution in [0.4, 0.5) is 0 Å². The van der Waals surface area contributed by atoms with Crippen LogP contribution in [0.15, 0.2) is 11.3 Å². The van der Waals surface area contributed by atoms with Gasteiger partial charge < -0.3 is 10.6 Å². The van der Waals surface area contributed by atoms with Gasteiger partial charge in [-0.25, -0.2) is 0 Å². The first-order valence-electron chi connectivity index (χ1n) is 6.06. The monoisotopic (exact) mass is 224 g/mol. The average Bonchev–Trinajstić information content (AvgIpc) is 2.30. The van der Waals surface area contributed by atoms with Crippen molar-refractivity contribution >= 4 is 17.2 Å². The Bertz CT molecular complexity index is 277. The number of likely N-dealkylation sites (tertiary alicyclic amines) is 1. The fraction of sp³-hybridized carbons (Fsp3) is 0.750. The van der Waals surface area contributed by atoms with E-state index in [2.05, 4.69) is 4.90 Å². The molecular weight excluding hydrogens is 204 g/mol. The molecule has 1 aliphatic heterocycles. The van der Waals surface area contributed by atoms with E-state index in [0.29, 0.717) is 4.99 Å². The molecule has 2 aliphatic rings. The van der Waals surface area contributed by atoms with Gasteiger partial charge in [0.2, 0.25) is 0 Å². The summed E-state index contributed by atoms with van der Waals surface area (Å²) in [4.78, 5) is 3.16. The first-order valence-corrected chi connectivity index (χ1v) is 6.46. The van der Waals surface area contributed by atoms with Gasteiger partial charge in [-0.2, -0.15) is 0 Å². The summed E-state index contributed by atoms with van der Waals surface area (Å²) in [6.45, 7) is 2.42. The van der Waals surface area contributed by atoms with Gasteiger partial charge in [0, 0.05) is 24.4 Å². The van der Waals surface area contributed by atoms with E-state index < -0.39 is 0 Å². The van der Waals surface area contributed by atoms with Crippen molar-refractivity contribution in [3.63, 3.8) is 0 Å². The van der Waals surface area contributed by atoms with Gasteiger partial charge in [0.15, 0.2) is 0 Å². The quantitative estimate of drug-likeness (QED) is 0.731. The second-order valence-corrected chi connectivity index (χ2v) is 4.98. The molecule has 0 saturated carbocycles. The minimum atomic E-state index is 0.635. The first kappa shape index (κ1) is 10.9. The Morgan fingerprint density at radius 1 is 1.00 bits per heavy atom. The van der Waals surface area contributed by atoms with E-state index in [4.69, 9.17) is 18.0 Å². The standard InChI is InChI=1S/C12H20N2S/c13-12(15)10-6-2-3-7-11(10)14-8-4-1-5-9-14/h1-9H2,(H2,13,15). The SMILES string of the molecule is NC(=S)C1=C(N2CCCCC2)CCCC1. The minimum absolute atomic E-state index is 0.635. The van der Waals surface area contributed by atoms with Crippen molar-refractivity contribution in [2.24, 2.45) is 5.73 Å². The predicted octanol–water partition coefficient (Wildman–Crippen LogP) is 2.59. The van der Waals surface area contributed by atoms with Crippen molar-refractivity contribution in [3.8, 4) is 0 Å². The maximum atomic E-state index is 5.81. The normalized spacial score (nSPS) is 23.1. The Kier molecular flexibility index (Phi) is 3.62. The number of hydrogen-bond donors (Lipinski definition) is 1. The number of hydrogen-bond acceptors (Lipinski definition) is 2. The van der Waals surface area contributed by atoms with Gasteiger partial charge in [-0.05, 0) is 44.9 Å². The van der Waals surface area contributed by atoms with Crippen LogP contribution in [0.2, 0.25) is 0 Å². The van der Waals surface area contributed by atoms with Crippen LogP contribution in [-0.2, 0) is 0 Å². The highest BCUT2D eigenvalue weighted by molar-refractivity contribution is 7.80. The van der Waals surface area contributed by atoms with Crippen LogP contribution in [0.3, 0.4) is 0 Å². The highest BCUT2D eigenvalue weighted by Crippen LogP contribution is 2.29. The Balaban J connectivity index is 2.17. The number of nitrogens with zero attached hydrogens (tertiary/aromatic N) is 1. The number of nitrogens with two attached hydrogens (primary N) is 1. The predicted molar refractivity (Wildman–Crippen MR) is 67.7 cm³/mol. The molecule has 84 valence electrons. The number of rotatable bonds is 2. The molecule has 1 fully saturated rings. The van der Waals surface area contributed by atoms with E-state index in [1.807, 2.05) is 0 Å². The summed E-state index contributed by atoms with van der Waals surface area (Å²) in [5, 5.41) is 0. The van der Waals surface area contributed by atoms with Crippen molar-refractivity contribution in [2.45, 2.75) is 44.9 Å². The molecule has 1 saturated heterocycles. The Hall–Kier alpha value is -0.570. The van der Waals surface area contributed by atoms with Gasteiger partial charge in [-0.1, -0.05) is 12.2 Å². The van der Waals surface area contributed by atoms with E-state index in [9.17, 15) is 0 Å². The summed E-state index contributed by atoms with van der Waals surface area (Å²) in [5.41, 5.74) is 8.55. The van der Waals surface area contributed by atoms with Gasteiger partial charge in [-0.15, -0.1) is 0 Å². The summed E-state index contributed by atoms with van der Waals surface area (Å²) in [6, 6.07) is 0. The largest absolute Gasteiger partial charge is 0.390 e. The van der Waals surface area contributed by atoms with Crippen LogP contribution in [0.5, 0.6) is 0 Å². The molecule has 0 amide bonds. The summed E-state index contributed by atoms with van der Waals surface area (Å²) in [7, 11) is 0. The average molecular weight is 224 g/mol. The topological polar surface area (TPSA) is 29.3 Å². The third kappa shape index (κ3) is 2.51. The highest BCUT2D eigenvalue weighted by Gasteiger charge is 2.21. The van der Waals surface area contributed by atoms with Crippen LogP contribution in [0.1, 0.15) is 44.9 Å². The van der Waals surface area contributed by atoms with Gasteiger partial charge in [-0.3, -0.25) is 0 Å². The van der Waals surface area contributed by atoms with Crippen LogP contribution < -0.4 is 5.73 Å². The van der Waals surface area contributed by atoms with Crippen LogP contribution in [-0.4, -0.2) is 23.0 Å². The van der Waals surface area contributed by atoms with Gasteiger partial charge in [0.1, 0.15) is 4.99 Å². The molecule has 0 aromatic carbocycles. The molecule has 0 aromatic rings. The maximum absolute atomic E-state index is 5.81. The second-order valence-electron chi connectivity index (χ2n) is 4.54. The van der Waals surface area contributed by atoms with Crippen molar-refractivity contribution < 1.29 is 0 Å². The molecule has 0 radical (unpaired) electrons. The van der Waals surface area contributed by atoms with Gasteiger partial charge in [0.05, 0.1) is 0 Å². The Morgan fingerprint density at radius 2 is 1.67 bits per heavy atom. The lowest BCUT2D eigenvalue weighted by atomic mass is 9.94. The van der Waals surface area contributed by atoms with Gasteiger partial charge >= 0.3 is 0 Å². The molecule has 0 spiro atoms. The third-order valence-electron chi connectivity index (χ3n) is 3.47. The summed E-state index contributed by atoms with van der Waals surface area (Å²) in [6.07, 6.45) is 8.88. The van der Waals surface area contributed by atoms with Crippen LogP contribution in [0, 0.1) is 0 Å². The van der Waals surface area contributed by atoms with E-state index in [1.165, 1.54) is 62.9 Å². The lowest BCUT2D eigenvalue weighted by Gasteiger charge is -2.35. The molecular formula is C12H20N2S. The van der Waals surface area contributed by atoms with Crippen molar-refractivity contribution in [3.05, 3.63) is 11.3 Å². The molecule has 0 aromatic heterocycles. The molecule has 2 nitrogen and oxygen atoms in total. The van der Waals surface area contributed by atoms with Crippen molar-refractivity contribution in [1.29, 1.82) is 0 Å². The molecule has 2 rings (SSSR count). The highest BCUT2D eigenvalue weighted by atomic mass is 32.1. The summed E-state index contributed by atoms with van der Waals surface area (Å²) < 4.78 is 0. The molecule has 15 heavy (non-hydrogen) atoms. The Morgan fingerprint density at radius 3 is 2.33 bits per heavy atom. The lowest BCUT2D eigenvalue weighted by Crippen LogP contribution is -2.33. The first-order chi connectivity index (χ1) is 7.29. The smallest absolute Gasteiger partial charge is 0.101 e. The van der Waals surface area contributed by atoms with E-state index >= 15 is 0 Å². The maximum Gasteiger partial charge on any atom is 0.101 e.